The number of sulfonamides is 1. The van der Waals surface area contributed by atoms with E-state index in [-0.39, 0.29) is 11.8 Å². The van der Waals surface area contributed by atoms with Gasteiger partial charge in [0.05, 0.1) is 4.90 Å². The van der Waals surface area contributed by atoms with Crippen molar-refractivity contribution in [2.24, 2.45) is 5.92 Å². The summed E-state index contributed by atoms with van der Waals surface area (Å²) in [5, 5.41) is 0. The van der Waals surface area contributed by atoms with Crippen molar-refractivity contribution in [3.63, 3.8) is 0 Å². The van der Waals surface area contributed by atoms with Crippen LogP contribution in [-0.4, -0.2) is 38.8 Å². The minimum Gasteiger partial charge on any atom is -0.315 e. The van der Waals surface area contributed by atoms with Gasteiger partial charge >= 0.3 is 0 Å². The highest BCUT2D eigenvalue weighted by atomic mass is 32.2. The topological polar surface area (TPSA) is 57.7 Å². The molecule has 6 heteroatoms. The van der Waals surface area contributed by atoms with E-state index in [1.54, 1.807) is 36.2 Å². The molecule has 1 saturated heterocycles. The molecule has 0 radical (unpaired) electrons. The van der Waals surface area contributed by atoms with Crippen LogP contribution in [-0.2, 0) is 14.8 Å². The molecule has 1 heterocycles. The van der Waals surface area contributed by atoms with Crippen molar-refractivity contribution in [2.75, 3.05) is 25.0 Å². The summed E-state index contributed by atoms with van der Waals surface area (Å²) in [5.41, 5.74) is 1.88. The van der Waals surface area contributed by atoms with Crippen molar-refractivity contribution in [1.82, 2.24) is 4.31 Å². The Hall–Kier alpha value is -2.18. The number of para-hydroxylation sites is 1. The second-order valence-corrected chi connectivity index (χ2v) is 8.66. The predicted octanol–water partition coefficient (Wildman–Crippen LogP) is 3.06. The molecule has 0 atom stereocenters. The monoisotopic (exact) mass is 372 g/mol. The van der Waals surface area contributed by atoms with E-state index in [1.165, 1.54) is 4.31 Å². The van der Waals surface area contributed by atoms with Gasteiger partial charge in [0.2, 0.25) is 15.9 Å². The molecule has 1 fully saturated rings. The molecular weight excluding hydrogens is 348 g/mol. The fraction of sp³-hybridized carbons (Fsp3) is 0.350. The zero-order valence-corrected chi connectivity index (χ0v) is 15.9. The minimum atomic E-state index is -3.49. The zero-order chi connectivity index (χ0) is 18.7. The van der Waals surface area contributed by atoms with Gasteiger partial charge in [-0.2, -0.15) is 4.31 Å². The summed E-state index contributed by atoms with van der Waals surface area (Å²) >= 11 is 0. The first-order chi connectivity index (χ1) is 12.4. The van der Waals surface area contributed by atoms with Gasteiger partial charge in [0.1, 0.15) is 0 Å². The van der Waals surface area contributed by atoms with Crippen molar-refractivity contribution in [1.29, 1.82) is 0 Å². The lowest BCUT2D eigenvalue weighted by atomic mass is 9.96. The molecule has 0 bridgehead atoms. The molecule has 0 N–H and O–H groups in total. The van der Waals surface area contributed by atoms with E-state index in [0.29, 0.717) is 30.8 Å². The zero-order valence-electron chi connectivity index (χ0n) is 15.1. The van der Waals surface area contributed by atoms with Gasteiger partial charge in [-0.05, 0) is 44.0 Å². The van der Waals surface area contributed by atoms with E-state index in [1.807, 2.05) is 37.3 Å². The third-order valence-corrected chi connectivity index (χ3v) is 6.85. The van der Waals surface area contributed by atoms with Crippen LogP contribution in [0.1, 0.15) is 18.4 Å². The lowest BCUT2D eigenvalue weighted by Gasteiger charge is -2.32. The number of aryl methyl sites for hydroxylation is 1. The van der Waals surface area contributed by atoms with E-state index < -0.39 is 10.0 Å². The fourth-order valence-corrected chi connectivity index (χ4v) is 4.72. The number of carbonyl (C=O) groups is 1. The molecular formula is C20H24N2O3S. The standard InChI is InChI=1S/C20H24N2O3S/c1-16-8-10-19(11-9-16)26(24,25)22-14-12-17(13-15-22)20(23)21(2)18-6-4-3-5-7-18/h3-11,17H,12-15H2,1-2H3. The Morgan fingerprint density at radius 3 is 2.15 bits per heavy atom. The highest BCUT2D eigenvalue weighted by Gasteiger charge is 2.33. The Morgan fingerprint density at radius 1 is 1.00 bits per heavy atom. The van der Waals surface area contributed by atoms with Crippen LogP contribution in [0.15, 0.2) is 59.5 Å². The third kappa shape index (κ3) is 3.81. The van der Waals surface area contributed by atoms with Gasteiger partial charge in [-0.15, -0.1) is 0 Å². The van der Waals surface area contributed by atoms with Crippen LogP contribution >= 0.6 is 0 Å². The maximum Gasteiger partial charge on any atom is 0.243 e. The molecule has 0 aliphatic carbocycles. The van der Waals surface area contributed by atoms with Crippen molar-refractivity contribution in [2.45, 2.75) is 24.7 Å². The molecule has 1 amide bonds. The lowest BCUT2D eigenvalue weighted by molar-refractivity contribution is -0.123. The minimum absolute atomic E-state index is 0.0450. The average molecular weight is 372 g/mol. The molecule has 0 saturated carbocycles. The van der Waals surface area contributed by atoms with Crippen LogP contribution in [0, 0.1) is 12.8 Å². The van der Waals surface area contributed by atoms with Crippen molar-refractivity contribution < 1.29 is 13.2 Å². The summed E-state index contributed by atoms with van der Waals surface area (Å²) < 4.78 is 27.0. The van der Waals surface area contributed by atoms with Gasteiger partial charge in [0, 0.05) is 31.7 Å². The second-order valence-electron chi connectivity index (χ2n) is 6.72. The first-order valence-electron chi connectivity index (χ1n) is 8.79. The molecule has 1 aliphatic heterocycles. The molecule has 26 heavy (non-hydrogen) atoms. The number of rotatable bonds is 4. The Labute approximate surface area is 155 Å². The fourth-order valence-electron chi connectivity index (χ4n) is 3.26. The molecule has 0 spiro atoms. The number of nitrogens with zero attached hydrogens (tertiary/aromatic N) is 2. The smallest absolute Gasteiger partial charge is 0.243 e. The Morgan fingerprint density at radius 2 is 1.58 bits per heavy atom. The highest BCUT2D eigenvalue weighted by Crippen LogP contribution is 2.26. The number of hydrogen-bond acceptors (Lipinski definition) is 3. The van der Waals surface area contributed by atoms with E-state index in [2.05, 4.69) is 0 Å². The van der Waals surface area contributed by atoms with Crippen molar-refractivity contribution in [3.8, 4) is 0 Å². The Kier molecular flexibility index (Phi) is 5.44. The molecule has 0 unspecified atom stereocenters. The Bertz CT molecular complexity index is 856. The van der Waals surface area contributed by atoms with Crippen LogP contribution in [0.3, 0.4) is 0 Å². The molecule has 2 aromatic carbocycles. The summed E-state index contributed by atoms with van der Waals surface area (Å²) in [5.74, 6) is -0.103. The molecule has 3 rings (SSSR count). The molecule has 0 aromatic heterocycles. The predicted molar refractivity (Wildman–Crippen MR) is 103 cm³/mol. The molecule has 1 aliphatic rings. The van der Waals surface area contributed by atoms with Gasteiger partial charge in [-0.1, -0.05) is 35.9 Å². The van der Waals surface area contributed by atoms with Gasteiger partial charge in [0.25, 0.3) is 0 Å². The van der Waals surface area contributed by atoms with Gasteiger partial charge in [-0.3, -0.25) is 4.79 Å². The first kappa shape index (κ1) is 18.6. The number of benzene rings is 2. The average Bonchev–Trinajstić information content (AvgIpc) is 2.68. The summed E-state index contributed by atoms with van der Waals surface area (Å²) in [4.78, 5) is 14.7. The first-order valence-corrected chi connectivity index (χ1v) is 10.2. The van der Waals surface area contributed by atoms with E-state index in [0.717, 1.165) is 11.3 Å². The summed E-state index contributed by atoms with van der Waals surface area (Å²) in [6.07, 6.45) is 1.09. The van der Waals surface area contributed by atoms with Crippen LogP contribution in [0.2, 0.25) is 0 Å². The second kappa shape index (κ2) is 7.60. The van der Waals surface area contributed by atoms with Crippen LogP contribution in [0.4, 0.5) is 5.69 Å². The summed E-state index contributed by atoms with van der Waals surface area (Å²) in [6, 6.07) is 16.4. The van der Waals surface area contributed by atoms with E-state index in [9.17, 15) is 13.2 Å². The summed E-state index contributed by atoms with van der Waals surface area (Å²) in [6.45, 7) is 2.67. The number of amides is 1. The van der Waals surface area contributed by atoms with Crippen molar-refractivity contribution >= 4 is 21.6 Å². The number of hydrogen-bond donors (Lipinski definition) is 0. The van der Waals surface area contributed by atoms with Crippen molar-refractivity contribution in [3.05, 3.63) is 60.2 Å². The van der Waals surface area contributed by atoms with Crippen LogP contribution in [0.25, 0.3) is 0 Å². The van der Waals surface area contributed by atoms with Crippen LogP contribution < -0.4 is 4.90 Å². The molecule has 5 nitrogen and oxygen atoms in total. The number of carbonyl (C=O) groups excluding carboxylic acids is 1. The maximum atomic E-state index is 12.8. The lowest BCUT2D eigenvalue weighted by Crippen LogP contribution is -2.43. The van der Waals surface area contributed by atoms with E-state index in [4.69, 9.17) is 0 Å². The number of piperidine rings is 1. The normalized spacial score (nSPS) is 16.4. The largest absolute Gasteiger partial charge is 0.315 e. The quantitative estimate of drug-likeness (QED) is 0.829. The highest BCUT2D eigenvalue weighted by molar-refractivity contribution is 7.89. The van der Waals surface area contributed by atoms with Crippen LogP contribution in [0.5, 0.6) is 0 Å². The van der Waals surface area contributed by atoms with Gasteiger partial charge in [-0.25, -0.2) is 8.42 Å². The third-order valence-electron chi connectivity index (χ3n) is 4.94. The van der Waals surface area contributed by atoms with Gasteiger partial charge < -0.3 is 4.90 Å². The maximum absolute atomic E-state index is 12.8. The SMILES string of the molecule is Cc1ccc(S(=O)(=O)N2CCC(C(=O)N(C)c3ccccc3)CC2)cc1. The Balaban J connectivity index is 1.65. The van der Waals surface area contributed by atoms with Gasteiger partial charge in [0.15, 0.2) is 0 Å². The summed E-state index contributed by atoms with van der Waals surface area (Å²) in [7, 11) is -1.72. The molecule has 138 valence electrons. The van der Waals surface area contributed by atoms with E-state index >= 15 is 0 Å². The number of anilines is 1. The molecule has 2 aromatic rings.